The lowest BCUT2D eigenvalue weighted by Gasteiger charge is -2.29. The number of nitrogens with zero attached hydrogens (tertiary/aromatic N) is 2. The van der Waals surface area contributed by atoms with Gasteiger partial charge in [0.15, 0.2) is 5.15 Å². The van der Waals surface area contributed by atoms with Crippen LogP contribution in [0.15, 0.2) is 18.3 Å². The molecule has 21 heavy (non-hydrogen) atoms. The highest BCUT2D eigenvalue weighted by molar-refractivity contribution is 6.32. The Hall–Kier alpha value is -1.17. The molecular weight excluding hydrogens is 288 g/mol. The van der Waals surface area contributed by atoms with Crippen LogP contribution in [-0.4, -0.2) is 41.5 Å². The van der Waals surface area contributed by atoms with Gasteiger partial charge < -0.3 is 11.1 Å². The Morgan fingerprint density at radius 3 is 3.10 bits per heavy atom. The fourth-order valence-electron chi connectivity index (χ4n) is 3.61. The van der Waals surface area contributed by atoms with Gasteiger partial charge in [0.05, 0.1) is 12.2 Å². The molecule has 1 aliphatic heterocycles. The van der Waals surface area contributed by atoms with Crippen molar-refractivity contribution in [2.75, 3.05) is 25.0 Å². The molecule has 5 nitrogen and oxygen atoms in total. The van der Waals surface area contributed by atoms with Gasteiger partial charge in [0.1, 0.15) is 0 Å². The van der Waals surface area contributed by atoms with Gasteiger partial charge in [-0.1, -0.05) is 18.0 Å². The van der Waals surface area contributed by atoms with Gasteiger partial charge in [-0.05, 0) is 36.8 Å². The molecule has 3 atom stereocenters. The number of aromatic nitrogens is 1. The van der Waals surface area contributed by atoms with E-state index < -0.39 is 0 Å². The van der Waals surface area contributed by atoms with E-state index in [1.165, 1.54) is 12.8 Å². The number of nitrogens with one attached hydrogen (secondary N) is 1. The minimum absolute atomic E-state index is 0.0443. The number of anilines is 1. The first-order valence-corrected chi connectivity index (χ1v) is 7.89. The highest BCUT2D eigenvalue weighted by Gasteiger charge is 2.38. The number of pyridine rings is 1. The molecule has 1 aromatic heterocycles. The maximum absolute atomic E-state index is 12.1. The highest BCUT2D eigenvalue weighted by Crippen LogP contribution is 2.35. The predicted molar refractivity (Wildman–Crippen MR) is 83.1 cm³/mol. The second-order valence-electron chi connectivity index (χ2n) is 6.10. The maximum Gasteiger partial charge on any atom is 0.238 e. The van der Waals surface area contributed by atoms with E-state index in [9.17, 15) is 4.79 Å². The fraction of sp³-hybridized carbons (Fsp3) is 0.600. The predicted octanol–water partition coefficient (Wildman–Crippen LogP) is 1.73. The molecule has 2 heterocycles. The van der Waals surface area contributed by atoms with Gasteiger partial charge in [-0.25, -0.2) is 4.98 Å². The van der Waals surface area contributed by atoms with Gasteiger partial charge in [-0.15, -0.1) is 0 Å². The van der Waals surface area contributed by atoms with Crippen LogP contribution in [0.25, 0.3) is 0 Å². The standard InChI is InChI=1S/C15H21ClN4O/c16-15-13(5-2-6-18-15)19-14(21)9-20-7-10-3-1-4-12(17)11(10)8-20/h2,5-6,10-12H,1,3-4,7-9,17H2,(H,19,21). The van der Waals surface area contributed by atoms with Crippen molar-refractivity contribution in [1.29, 1.82) is 0 Å². The SMILES string of the molecule is NC1CCCC2CN(CC(=O)Nc3cccnc3Cl)CC12. The molecule has 2 fully saturated rings. The fourth-order valence-corrected chi connectivity index (χ4v) is 3.78. The van der Waals surface area contributed by atoms with Crippen molar-refractivity contribution >= 4 is 23.2 Å². The van der Waals surface area contributed by atoms with Crippen LogP contribution in [0.1, 0.15) is 19.3 Å². The molecule has 0 bridgehead atoms. The third-order valence-electron chi connectivity index (χ3n) is 4.63. The molecule has 0 aromatic carbocycles. The largest absolute Gasteiger partial charge is 0.327 e. The summed E-state index contributed by atoms with van der Waals surface area (Å²) in [6.45, 7) is 2.30. The van der Waals surface area contributed by atoms with E-state index in [1.807, 2.05) is 0 Å². The first-order valence-electron chi connectivity index (χ1n) is 7.52. The molecule has 0 radical (unpaired) electrons. The van der Waals surface area contributed by atoms with Gasteiger partial charge in [0.25, 0.3) is 0 Å². The van der Waals surface area contributed by atoms with Crippen LogP contribution in [-0.2, 0) is 4.79 Å². The van der Waals surface area contributed by atoms with Crippen molar-refractivity contribution in [1.82, 2.24) is 9.88 Å². The number of hydrogen-bond acceptors (Lipinski definition) is 4. The first kappa shape index (κ1) is 14.8. The second-order valence-corrected chi connectivity index (χ2v) is 6.46. The lowest BCUT2D eigenvalue weighted by atomic mass is 9.78. The van der Waals surface area contributed by atoms with Crippen molar-refractivity contribution in [3.63, 3.8) is 0 Å². The van der Waals surface area contributed by atoms with Crippen LogP contribution in [0.4, 0.5) is 5.69 Å². The molecule has 0 spiro atoms. The maximum atomic E-state index is 12.1. The van der Waals surface area contributed by atoms with E-state index >= 15 is 0 Å². The summed E-state index contributed by atoms with van der Waals surface area (Å²) in [5.74, 6) is 1.16. The summed E-state index contributed by atoms with van der Waals surface area (Å²) >= 11 is 5.95. The van der Waals surface area contributed by atoms with Crippen molar-refractivity contribution < 1.29 is 4.79 Å². The molecule has 1 aromatic rings. The molecule has 1 saturated heterocycles. The van der Waals surface area contributed by atoms with Gasteiger partial charge in [-0.3, -0.25) is 9.69 Å². The molecule has 1 amide bonds. The Balaban J connectivity index is 1.55. The lowest BCUT2D eigenvalue weighted by Crippen LogP contribution is -2.38. The zero-order chi connectivity index (χ0) is 14.8. The van der Waals surface area contributed by atoms with Crippen molar-refractivity contribution in [2.45, 2.75) is 25.3 Å². The third kappa shape index (κ3) is 3.36. The number of nitrogens with two attached hydrogens (primary N) is 1. The van der Waals surface area contributed by atoms with Crippen LogP contribution in [0.5, 0.6) is 0 Å². The van der Waals surface area contributed by atoms with E-state index in [2.05, 4.69) is 15.2 Å². The number of rotatable bonds is 3. The van der Waals surface area contributed by atoms with E-state index in [-0.39, 0.29) is 5.91 Å². The Morgan fingerprint density at radius 1 is 1.48 bits per heavy atom. The summed E-state index contributed by atoms with van der Waals surface area (Å²) in [6, 6.07) is 3.81. The first-order chi connectivity index (χ1) is 10.1. The molecule has 2 aliphatic rings. The van der Waals surface area contributed by atoms with Crippen molar-refractivity contribution in [2.24, 2.45) is 17.6 Å². The summed E-state index contributed by atoms with van der Waals surface area (Å²) in [7, 11) is 0. The van der Waals surface area contributed by atoms with Crippen molar-refractivity contribution in [3.8, 4) is 0 Å². The summed E-state index contributed by atoms with van der Waals surface area (Å²) in [5, 5.41) is 3.15. The normalized spacial score (nSPS) is 29.1. The van der Waals surface area contributed by atoms with Crippen LogP contribution in [0.2, 0.25) is 5.15 Å². The Labute approximate surface area is 129 Å². The molecule has 3 N–H and O–H groups in total. The van der Waals surface area contributed by atoms with E-state index in [0.717, 1.165) is 19.5 Å². The highest BCUT2D eigenvalue weighted by atomic mass is 35.5. The molecule has 114 valence electrons. The van der Waals surface area contributed by atoms with Crippen LogP contribution in [0, 0.1) is 11.8 Å². The third-order valence-corrected chi connectivity index (χ3v) is 4.93. The van der Waals surface area contributed by atoms with Crippen molar-refractivity contribution in [3.05, 3.63) is 23.5 Å². The number of fused-ring (bicyclic) bond motifs is 1. The van der Waals surface area contributed by atoms with Gasteiger partial charge in [0.2, 0.25) is 5.91 Å². The van der Waals surface area contributed by atoms with Gasteiger partial charge >= 0.3 is 0 Å². The van der Waals surface area contributed by atoms with Gasteiger partial charge in [-0.2, -0.15) is 0 Å². The smallest absolute Gasteiger partial charge is 0.238 e. The topological polar surface area (TPSA) is 71.2 Å². The van der Waals surface area contributed by atoms with Gasteiger partial charge in [0, 0.05) is 25.3 Å². The number of amides is 1. The Kier molecular flexibility index (Phi) is 4.42. The number of carbonyl (C=O) groups is 1. The van der Waals surface area contributed by atoms with E-state index in [0.29, 0.717) is 35.3 Å². The molecule has 3 unspecified atom stereocenters. The number of hydrogen-bond donors (Lipinski definition) is 2. The lowest BCUT2D eigenvalue weighted by molar-refractivity contribution is -0.117. The number of likely N-dealkylation sites (tertiary alicyclic amines) is 1. The van der Waals surface area contributed by atoms with Crippen LogP contribution in [0.3, 0.4) is 0 Å². The monoisotopic (exact) mass is 308 g/mol. The average molecular weight is 309 g/mol. The molecular formula is C15H21ClN4O. The van der Waals surface area contributed by atoms with E-state index in [1.54, 1.807) is 18.3 Å². The zero-order valence-corrected chi connectivity index (χ0v) is 12.7. The summed E-state index contributed by atoms with van der Waals surface area (Å²) < 4.78 is 0. The minimum atomic E-state index is -0.0443. The summed E-state index contributed by atoms with van der Waals surface area (Å²) in [6.07, 6.45) is 5.18. The summed E-state index contributed by atoms with van der Waals surface area (Å²) in [5.41, 5.74) is 6.77. The molecule has 6 heteroatoms. The number of halogens is 1. The number of carbonyl (C=O) groups excluding carboxylic acids is 1. The van der Waals surface area contributed by atoms with Crippen LogP contribution >= 0.6 is 11.6 Å². The van der Waals surface area contributed by atoms with Crippen LogP contribution < -0.4 is 11.1 Å². The molecule has 3 rings (SSSR count). The average Bonchev–Trinajstić information content (AvgIpc) is 2.85. The second kappa shape index (κ2) is 6.30. The molecule has 1 saturated carbocycles. The zero-order valence-electron chi connectivity index (χ0n) is 12.0. The Morgan fingerprint density at radius 2 is 2.33 bits per heavy atom. The van der Waals surface area contributed by atoms with E-state index in [4.69, 9.17) is 17.3 Å². The molecule has 1 aliphatic carbocycles. The minimum Gasteiger partial charge on any atom is -0.327 e. The summed E-state index contributed by atoms with van der Waals surface area (Å²) in [4.78, 5) is 18.3. The quantitative estimate of drug-likeness (QED) is 0.834. The Bertz CT molecular complexity index is 524.